The lowest BCUT2D eigenvalue weighted by atomic mass is 10.1. The predicted molar refractivity (Wildman–Crippen MR) is 114 cm³/mol. The standard InChI is InChI=1S/C21H21NO6S2/c1-2-28-21(24)17-6-4-16(5-7-17)19(22(25)14-23)13-30(26,27)12-15-3-8-20-18(11-15)9-10-29-20/h3-11,14,19,25H,2,12-13H2,1H3/t19-/m1/s1. The summed E-state index contributed by atoms with van der Waals surface area (Å²) >= 11 is 1.57. The molecule has 3 aromatic rings. The molecule has 1 heterocycles. The molecule has 1 atom stereocenters. The minimum absolute atomic E-state index is 0.164. The number of ether oxygens (including phenoxy) is 1. The van der Waals surface area contributed by atoms with Crippen molar-refractivity contribution in [1.82, 2.24) is 5.06 Å². The van der Waals surface area contributed by atoms with Crippen LogP contribution in [0.2, 0.25) is 0 Å². The van der Waals surface area contributed by atoms with Crippen LogP contribution in [-0.2, 0) is 25.1 Å². The van der Waals surface area contributed by atoms with E-state index in [4.69, 9.17) is 4.74 Å². The molecule has 1 N–H and O–H groups in total. The van der Waals surface area contributed by atoms with E-state index < -0.39 is 27.6 Å². The smallest absolute Gasteiger partial charge is 0.338 e. The van der Waals surface area contributed by atoms with Crippen LogP contribution in [0, 0.1) is 0 Å². The van der Waals surface area contributed by atoms with E-state index in [-0.39, 0.29) is 18.8 Å². The fourth-order valence-corrected chi connectivity index (χ4v) is 5.52. The number of nitrogens with zero attached hydrogens (tertiary/aromatic N) is 1. The summed E-state index contributed by atoms with van der Waals surface area (Å²) in [4.78, 5) is 22.9. The number of benzene rings is 2. The van der Waals surface area contributed by atoms with Crippen LogP contribution >= 0.6 is 11.3 Å². The average molecular weight is 448 g/mol. The summed E-state index contributed by atoms with van der Waals surface area (Å²) in [5.41, 5.74) is 1.31. The van der Waals surface area contributed by atoms with Crippen molar-refractivity contribution in [1.29, 1.82) is 0 Å². The van der Waals surface area contributed by atoms with Gasteiger partial charge in [0.05, 0.1) is 29.7 Å². The Bertz CT molecular complexity index is 1140. The van der Waals surface area contributed by atoms with Crippen molar-refractivity contribution in [3.8, 4) is 0 Å². The van der Waals surface area contributed by atoms with Gasteiger partial charge >= 0.3 is 5.97 Å². The Balaban J connectivity index is 1.81. The van der Waals surface area contributed by atoms with Gasteiger partial charge in [0.15, 0.2) is 9.84 Å². The summed E-state index contributed by atoms with van der Waals surface area (Å²) in [6.07, 6.45) is 0.164. The molecule has 1 aromatic heterocycles. The number of hydrogen-bond acceptors (Lipinski definition) is 7. The third-order valence-electron chi connectivity index (χ3n) is 4.55. The van der Waals surface area contributed by atoms with Gasteiger partial charge in [-0.2, -0.15) is 0 Å². The Morgan fingerprint density at radius 2 is 1.93 bits per heavy atom. The third-order valence-corrected chi connectivity index (χ3v) is 7.04. The first kappa shape index (κ1) is 21.9. The molecule has 0 aliphatic carbocycles. The Morgan fingerprint density at radius 1 is 1.20 bits per heavy atom. The van der Waals surface area contributed by atoms with Crippen LogP contribution in [0.25, 0.3) is 10.1 Å². The number of sulfone groups is 1. The number of fused-ring (bicyclic) bond motifs is 1. The van der Waals surface area contributed by atoms with Crippen LogP contribution in [-0.4, -0.2) is 43.4 Å². The Kier molecular flexibility index (Phi) is 6.86. The molecule has 0 spiro atoms. The molecule has 0 aliphatic rings. The Labute approximate surface area is 178 Å². The summed E-state index contributed by atoms with van der Waals surface area (Å²) in [5, 5.41) is 13.2. The molecule has 158 valence electrons. The lowest BCUT2D eigenvalue weighted by molar-refractivity contribution is -0.158. The van der Waals surface area contributed by atoms with Crippen molar-refractivity contribution >= 4 is 43.6 Å². The van der Waals surface area contributed by atoms with E-state index in [9.17, 15) is 23.2 Å². The third kappa shape index (κ3) is 5.24. The molecule has 0 fully saturated rings. The number of amides is 1. The lowest BCUT2D eigenvalue weighted by Gasteiger charge is -2.23. The number of carbonyl (C=O) groups is 2. The molecule has 0 radical (unpaired) electrons. The minimum Gasteiger partial charge on any atom is -0.462 e. The molecular weight excluding hydrogens is 426 g/mol. The van der Waals surface area contributed by atoms with Crippen LogP contribution in [0.15, 0.2) is 53.9 Å². The number of hydrogen-bond donors (Lipinski definition) is 1. The zero-order valence-corrected chi connectivity index (χ0v) is 17.9. The quantitative estimate of drug-likeness (QED) is 0.233. The molecule has 0 unspecified atom stereocenters. The van der Waals surface area contributed by atoms with E-state index in [0.717, 1.165) is 10.1 Å². The van der Waals surface area contributed by atoms with Gasteiger partial charge < -0.3 is 4.74 Å². The molecule has 1 amide bonds. The zero-order chi connectivity index (χ0) is 21.7. The van der Waals surface area contributed by atoms with Crippen LogP contribution in [0.5, 0.6) is 0 Å². The second kappa shape index (κ2) is 9.38. The molecule has 2 aromatic carbocycles. The molecule has 0 saturated carbocycles. The molecular formula is C21H21NO6S2. The van der Waals surface area contributed by atoms with Gasteiger partial charge in [0.25, 0.3) is 0 Å². The number of esters is 1. The number of carbonyl (C=O) groups excluding carboxylic acids is 2. The predicted octanol–water partition coefficient (Wildman–Crippen LogP) is 3.58. The largest absolute Gasteiger partial charge is 0.462 e. The Hall–Kier alpha value is -2.75. The molecule has 0 bridgehead atoms. The SMILES string of the molecule is CCOC(=O)c1ccc([C@@H](CS(=O)(=O)Cc2ccc3sccc3c2)N(O)C=O)cc1. The Morgan fingerprint density at radius 3 is 2.60 bits per heavy atom. The summed E-state index contributed by atoms with van der Waals surface area (Å²) in [6.45, 7) is 1.92. The second-order valence-corrected chi connectivity index (χ2v) is 9.75. The van der Waals surface area contributed by atoms with Gasteiger partial charge in [-0.3, -0.25) is 10.0 Å². The van der Waals surface area contributed by atoms with Gasteiger partial charge in [-0.25, -0.2) is 18.3 Å². The van der Waals surface area contributed by atoms with Crippen molar-refractivity contribution in [3.63, 3.8) is 0 Å². The van der Waals surface area contributed by atoms with E-state index in [1.54, 1.807) is 24.3 Å². The van der Waals surface area contributed by atoms with Gasteiger partial charge in [-0.1, -0.05) is 18.2 Å². The van der Waals surface area contributed by atoms with Crippen LogP contribution in [0.1, 0.15) is 34.5 Å². The summed E-state index contributed by atoms with van der Waals surface area (Å²) in [6, 6.07) is 12.2. The van der Waals surface area contributed by atoms with Crippen molar-refractivity contribution in [2.45, 2.75) is 18.7 Å². The van der Waals surface area contributed by atoms with E-state index in [1.165, 1.54) is 24.3 Å². The van der Waals surface area contributed by atoms with Gasteiger partial charge in [0, 0.05) is 4.70 Å². The van der Waals surface area contributed by atoms with Gasteiger partial charge in [0.1, 0.15) is 0 Å². The molecule has 3 rings (SSSR count). The molecule has 0 aliphatic heterocycles. The highest BCUT2D eigenvalue weighted by atomic mass is 32.2. The molecule has 7 nitrogen and oxygen atoms in total. The summed E-state index contributed by atoms with van der Waals surface area (Å²) in [5.74, 6) is -1.20. The van der Waals surface area contributed by atoms with E-state index in [2.05, 4.69) is 0 Å². The van der Waals surface area contributed by atoms with Crippen LogP contribution in [0.3, 0.4) is 0 Å². The lowest BCUT2D eigenvalue weighted by Crippen LogP contribution is -2.30. The highest BCUT2D eigenvalue weighted by Gasteiger charge is 2.26. The number of hydroxylamine groups is 2. The van der Waals surface area contributed by atoms with E-state index >= 15 is 0 Å². The van der Waals surface area contributed by atoms with E-state index in [1.807, 2.05) is 23.6 Å². The van der Waals surface area contributed by atoms with Crippen molar-refractivity contribution in [2.24, 2.45) is 0 Å². The molecule has 0 saturated heterocycles. The van der Waals surface area contributed by atoms with Crippen molar-refractivity contribution < 1.29 is 28.0 Å². The fraction of sp³-hybridized carbons (Fsp3) is 0.238. The van der Waals surface area contributed by atoms with Crippen LogP contribution in [0.4, 0.5) is 0 Å². The zero-order valence-electron chi connectivity index (χ0n) is 16.2. The topological polar surface area (TPSA) is 101 Å². The maximum Gasteiger partial charge on any atom is 0.338 e. The van der Waals surface area contributed by atoms with Crippen molar-refractivity contribution in [3.05, 3.63) is 70.6 Å². The maximum absolute atomic E-state index is 12.8. The first-order valence-corrected chi connectivity index (χ1v) is 11.9. The molecule has 9 heteroatoms. The van der Waals surface area contributed by atoms with E-state index in [0.29, 0.717) is 21.8 Å². The first-order chi connectivity index (χ1) is 14.3. The first-order valence-electron chi connectivity index (χ1n) is 9.19. The highest BCUT2D eigenvalue weighted by Crippen LogP contribution is 2.25. The average Bonchev–Trinajstić information content (AvgIpc) is 3.19. The fourth-order valence-electron chi connectivity index (χ4n) is 3.11. The highest BCUT2D eigenvalue weighted by molar-refractivity contribution is 7.90. The van der Waals surface area contributed by atoms with Gasteiger partial charge in [-0.05, 0) is 59.1 Å². The summed E-state index contributed by atoms with van der Waals surface area (Å²) < 4.78 is 31.6. The normalized spacial score (nSPS) is 12.5. The number of thiophene rings is 1. The van der Waals surface area contributed by atoms with Gasteiger partial charge in [-0.15, -0.1) is 11.3 Å². The number of rotatable bonds is 9. The maximum atomic E-state index is 12.8. The minimum atomic E-state index is -3.67. The summed E-state index contributed by atoms with van der Waals surface area (Å²) in [7, 11) is -3.67. The molecule has 30 heavy (non-hydrogen) atoms. The van der Waals surface area contributed by atoms with Gasteiger partial charge in [0.2, 0.25) is 6.41 Å². The van der Waals surface area contributed by atoms with Crippen molar-refractivity contribution in [2.75, 3.05) is 12.4 Å². The van der Waals surface area contributed by atoms with Crippen LogP contribution < -0.4 is 0 Å². The monoisotopic (exact) mass is 447 g/mol. The second-order valence-electron chi connectivity index (χ2n) is 6.69.